The Hall–Kier alpha value is -2.98. The van der Waals surface area contributed by atoms with Crippen molar-refractivity contribution < 1.29 is 0 Å². The fourth-order valence-corrected chi connectivity index (χ4v) is 5.47. The van der Waals surface area contributed by atoms with Crippen LogP contribution in [0.3, 0.4) is 0 Å². The van der Waals surface area contributed by atoms with Crippen molar-refractivity contribution in [2.24, 2.45) is 0 Å². The lowest BCUT2D eigenvalue weighted by Gasteiger charge is -2.31. The molecule has 0 bridgehead atoms. The van der Waals surface area contributed by atoms with E-state index >= 15 is 0 Å². The summed E-state index contributed by atoms with van der Waals surface area (Å²) < 4.78 is 0. The van der Waals surface area contributed by atoms with Crippen LogP contribution in [0.5, 0.6) is 0 Å². The number of hydrogen-bond donors (Lipinski definition) is 0. The molecule has 0 fully saturated rings. The number of benzene rings is 3. The topological polar surface area (TPSA) is 0 Å². The summed E-state index contributed by atoms with van der Waals surface area (Å²) in [5.74, 6) is 7.01. The van der Waals surface area contributed by atoms with Crippen molar-refractivity contribution in [1.82, 2.24) is 0 Å². The van der Waals surface area contributed by atoms with Gasteiger partial charge in [-0.05, 0) is 70.9 Å². The summed E-state index contributed by atoms with van der Waals surface area (Å²) in [6.07, 6.45) is 9.54. The largest absolute Gasteiger partial charge is 0.140 e. The molecule has 0 N–H and O–H groups in total. The summed E-state index contributed by atoms with van der Waals surface area (Å²) in [5.41, 5.74) is 9.59. The molecule has 0 aliphatic heterocycles. The van der Waals surface area contributed by atoms with Crippen LogP contribution in [0, 0.1) is 11.8 Å². The predicted molar refractivity (Wildman–Crippen MR) is 132 cm³/mol. The van der Waals surface area contributed by atoms with Gasteiger partial charge >= 0.3 is 0 Å². The Balaban J connectivity index is 1.64. The summed E-state index contributed by atoms with van der Waals surface area (Å²) in [6, 6.07) is 19.8. The Morgan fingerprint density at radius 2 is 1.70 bits per heavy atom. The summed E-state index contributed by atoms with van der Waals surface area (Å²) in [6.45, 7) is 4.67. The van der Waals surface area contributed by atoms with Crippen LogP contribution in [-0.2, 0) is 5.41 Å². The number of rotatable bonds is 2. The molecular weight excluding hydrogens is 359 g/mol. The first-order valence-corrected chi connectivity index (χ1v) is 11.2. The van der Waals surface area contributed by atoms with Crippen LogP contribution in [0.1, 0.15) is 61.8 Å². The van der Waals surface area contributed by atoms with Gasteiger partial charge in [0.2, 0.25) is 0 Å². The van der Waals surface area contributed by atoms with E-state index in [-0.39, 0.29) is 5.41 Å². The zero-order valence-corrected chi connectivity index (χ0v) is 18.2. The molecule has 146 valence electrons. The first-order valence-electron chi connectivity index (χ1n) is 11.2. The molecule has 5 rings (SSSR count). The highest BCUT2D eigenvalue weighted by Gasteiger charge is 2.43. The maximum atomic E-state index is 3.51. The van der Waals surface area contributed by atoms with E-state index in [1.54, 1.807) is 5.57 Å². The van der Waals surface area contributed by atoms with Crippen LogP contribution < -0.4 is 5.46 Å². The minimum atomic E-state index is 0.147. The molecule has 0 aromatic heterocycles. The highest BCUT2D eigenvalue weighted by Crippen LogP contribution is 2.55. The molecule has 0 radical (unpaired) electrons. The molecule has 0 unspecified atom stereocenters. The van der Waals surface area contributed by atoms with Gasteiger partial charge in [-0.1, -0.05) is 85.8 Å². The SMILES string of the molecule is Bc1ccc2ccccc2c1C#Cc1ccc2c(c1)C(CC)(CC)C1=CCCC=C12. The van der Waals surface area contributed by atoms with Gasteiger partial charge in [0.25, 0.3) is 0 Å². The first kappa shape index (κ1) is 19.0. The number of hydrogen-bond acceptors (Lipinski definition) is 0. The number of allylic oxidation sites excluding steroid dienone is 4. The monoisotopic (exact) mass is 386 g/mol. The maximum Gasteiger partial charge on any atom is 0.140 e. The van der Waals surface area contributed by atoms with Crippen LogP contribution >= 0.6 is 0 Å². The Kier molecular flexibility index (Phi) is 4.67. The van der Waals surface area contributed by atoms with Crippen molar-refractivity contribution in [3.63, 3.8) is 0 Å². The summed E-state index contributed by atoms with van der Waals surface area (Å²) in [7, 11) is 2.15. The van der Waals surface area contributed by atoms with Crippen LogP contribution in [0.25, 0.3) is 16.3 Å². The van der Waals surface area contributed by atoms with Crippen molar-refractivity contribution in [3.8, 4) is 11.8 Å². The third kappa shape index (κ3) is 2.78. The fraction of sp³-hybridized carbons (Fsp3) is 0.241. The Bertz CT molecular complexity index is 1270. The second kappa shape index (κ2) is 7.37. The molecule has 3 aromatic carbocycles. The molecule has 0 spiro atoms. The van der Waals surface area contributed by atoms with E-state index in [1.165, 1.54) is 39.4 Å². The molecular formula is C29H27B. The number of fused-ring (bicyclic) bond motifs is 4. The normalized spacial score (nSPS) is 16.2. The van der Waals surface area contributed by atoms with Crippen molar-refractivity contribution >= 4 is 29.7 Å². The summed E-state index contributed by atoms with van der Waals surface area (Å²) in [4.78, 5) is 0. The Morgan fingerprint density at radius 1 is 0.900 bits per heavy atom. The molecule has 3 aromatic rings. The third-order valence-corrected chi connectivity index (χ3v) is 7.17. The van der Waals surface area contributed by atoms with E-state index in [0.29, 0.717) is 0 Å². The zero-order chi connectivity index (χ0) is 20.7. The van der Waals surface area contributed by atoms with E-state index in [9.17, 15) is 0 Å². The average molecular weight is 386 g/mol. The average Bonchev–Trinajstić information content (AvgIpc) is 3.08. The molecule has 30 heavy (non-hydrogen) atoms. The standard InChI is InChI=1S/C29H27B/c1-3-29(4-2)26-12-8-7-11-23(26)24-16-13-20(19-27(24)29)14-17-25-22-10-6-5-9-21(22)15-18-28(25)30/h5-6,9-13,15-16,18-19H,3-4,7-8,30H2,1-2H3. The lowest BCUT2D eigenvalue weighted by atomic mass is 9.72. The molecule has 0 saturated heterocycles. The van der Waals surface area contributed by atoms with E-state index < -0.39 is 0 Å². The molecule has 0 atom stereocenters. The molecule has 1 heteroatoms. The third-order valence-electron chi connectivity index (χ3n) is 7.17. The van der Waals surface area contributed by atoms with Gasteiger partial charge in [0.05, 0.1) is 0 Å². The quantitative estimate of drug-likeness (QED) is 0.393. The van der Waals surface area contributed by atoms with Crippen molar-refractivity contribution in [2.75, 3.05) is 0 Å². The molecule has 0 nitrogen and oxygen atoms in total. The molecule has 2 aliphatic rings. The van der Waals surface area contributed by atoms with Gasteiger partial charge in [0.15, 0.2) is 0 Å². The van der Waals surface area contributed by atoms with Gasteiger partial charge in [-0.2, -0.15) is 0 Å². The van der Waals surface area contributed by atoms with Gasteiger partial charge in [-0.3, -0.25) is 0 Å². The lowest BCUT2D eigenvalue weighted by molar-refractivity contribution is 0.488. The Morgan fingerprint density at radius 3 is 2.53 bits per heavy atom. The van der Waals surface area contributed by atoms with Crippen molar-refractivity contribution in [3.05, 3.63) is 94.6 Å². The van der Waals surface area contributed by atoms with Gasteiger partial charge in [-0.15, -0.1) is 0 Å². The molecule has 0 saturated carbocycles. The van der Waals surface area contributed by atoms with Gasteiger partial charge < -0.3 is 0 Å². The molecule has 0 heterocycles. The summed E-state index contributed by atoms with van der Waals surface area (Å²) in [5, 5.41) is 2.49. The van der Waals surface area contributed by atoms with Crippen LogP contribution in [0.2, 0.25) is 0 Å². The van der Waals surface area contributed by atoms with Crippen LogP contribution in [0.4, 0.5) is 0 Å². The molecule has 2 aliphatic carbocycles. The van der Waals surface area contributed by atoms with E-state index in [0.717, 1.165) is 30.4 Å². The second-order valence-corrected chi connectivity index (χ2v) is 8.59. The summed E-state index contributed by atoms with van der Waals surface area (Å²) >= 11 is 0. The minimum Gasteiger partial charge on any atom is -0.0795 e. The first-order chi connectivity index (χ1) is 14.7. The van der Waals surface area contributed by atoms with Crippen molar-refractivity contribution in [2.45, 2.75) is 44.9 Å². The van der Waals surface area contributed by atoms with E-state index in [2.05, 4.69) is 100 Å². The Labute approximate surface area is 181 Å². The highest BCUT2D eigenvalue weighted by atomic mass is 14.5. The predicted octanol–water partition coefficient (Wildman–Crippen LogP) is 5.67. The smallest absolute Gasteiger partial charge is 0.0795 e. The van der Waals surface area contributed by atoms with Gasteiger partial charge in [0, 0.05) is 16.5 Å². The van der Waals surface area contributed by atoms with E-state index in [4.69, 9.17) is 0 Å². The minimum absolute atomic E-state index is 0.147. The maximum absolute atomic E-state index is 3.51. The zero-order valence-electron chi connectivity index (χ0n) is 18.2. The fourth-order valence-electron chi connectivity index (χ4n) is 5.47. The molecule has 0 amide bonds. The van der Waals surface area contributed by atoms with Crippen LogP contribution in [-0.4, -0.2) is 7.85 Å². The lowest BCUT2D eigenvalue weighted by Crippen LogP contribution is -2.23. The highest BCUT2D eigenvalue weighted by molar-refractivity contribution is 6.35. The van der Waals surface area contributed by atoms with Gasteiger partial charge in [0.1, 0.15) is 7.85 Å². The van der Waals surface area contributed by atoms with Crippen molar-refractivity contribution in [1.29, 1.82) is 0 Å². The van der Waals surface area contributed by atoms with Gasteiger partial charge in [-0.25, -0.2) is 0 Å². The second-order valence-electron chi connectivity index (χ2n) is 8.59. The van der Waals surface area contributed by atoms with E-state index in [1.807, 2.05) is 0 Å². The van der Waals surface area contributed by atoms with Crippen LogP contribution in [0.15, 0.2) is 72.3 Å².